The summed E-state index contributed by atoms with van der Waals surface area (Å²) in [6.07, 6.45) is 0.821. The van der Waals surface area contributed by atoms with Gasteiger partial charge in [0.05, 0.1) is 12.8 Å². The molecular formula is C24H26N4O5. The minimum atomic E-state index is -0.698. The minimum Gasteiger partial charge on any atom is -0.465 e. The second-order valence-electron chi connectivity index (χ2n) is 7.12. The zero-order valence-electron chi connectivity index (χ0n) is 18.5. The first-order chi connectivity index (χ1) is 16.0. The first-order valence-corrected chi connectivity index (χ1v) is 10.5. The molecule has 1 aromatic heterocycles. The summed E-state index contributed by atoms with van der Waals surface area (Å²) in [6.45, 7) is 3.85. The number of hydrazone groups is 1. The fourth-order valence-electron chi connectivity index (χ4n) is 3.30. The van der Waals surface area contributed by atoms with E-state index in [0.717, 1.165) is 27.7 Å². The van der Waals surface area contributed by atoms with E-state index in [1.54, 1.807) is 6.92 Å². The number of amides is 2. The molecule has 1 heterocycles. The third kappa shape index (κ3) is 6.42. The molecule has 9 nitrogen and oxygen atoms in total. The molecule has 0 atom stereocenters. The van der Waals surface area contributed by atoms with Crippen molar-refractivity contribution in [2.75, 3.05) is 13.2 Å². The Morgan fingerprint density at radius 1 is 1.03 bits per heavy atom. The lowest BCUT2D eigenvalue weighted by atomic mass is 10.1. The predicted octanol–water partition coefficient (Wildman–Crippen LogP) is 2.89. The van der Waals surface area contributed by atoms with Gasteiger partial charge < -0.3 is 19.4 Å². The summed E-state index contributed by atoms with van der Waals surface area (Å²) in [5, 5.41) is 7.27. The zero-order chi connectivity index (χ0) is 23.6. The summed E-state index contributed by atoms with van der Waals surface area (Å²) < 4.78 is 12.0. The highest BCUT2D eigenvalue weighted by molar-refractivity contribution is 6.01. The summed E-state index contributed by atoms with van der Waals surface area (Å²) >= 11 is 0. The molecule has 2 aromatic carbocycles. The molecule has 0 fully saturated rings. The third-order valence-corrected chi connectivity index (χ3v) is 4.86. The topological polar surface area (TPSA) is 111 Å². The first kappa shape index (κ1) is 23.5. The van der Waals surface area contributed by atoms with Gasteiger partial charge in [-0.15, -0.1) is 0 Å². The van der Waals surface area contributed by atoms with Gasteiger partial charge in [-0.3, -0.25) is 9.59 Å². The van der Waals surface area contributed by atoms with E-state index in [1.807, 2.05) is 66.1 Å². The molecule has 172 valence electrons. The van der Waals surface area contributed by atoms with Crippen LogP contribution >= 0.6 is 0 Å². The number of nitrogens with one attached hydrogen (secondary N) is 2. The number of para-hydroxylation sites is 1. The van der Waals surface area contributed by atoms with E-state index in [2.05, 4.69) is 15.8 Å². The number of fused-ring (bicyclic) bond motifs is 1. The van der Waals surface area contributed by atoms with Gasteiger partial charge in [0.2, 0.25) is 0 Å². The zero-order valence-corrected chi connectivity index (χ0v) is 18.5. The van der Waals surface area contributed by atoms with E-state index in [4.69, 9.17) is 9.47 Å². The lowest BCUT2D eigenvalue weighted by Crippen LogP contribution is -2.35. The third-order valence-electron chi connectivity index (χ3n) is 4.86. The van der Waals surface area contributed by atoms with Crippen LogP contribution in [0.3, 0.4) is 0 Å². The molecule has 33 heavy (non-hydrogen) atoms. The van der Waals surface area contributed by atoms with Crippen molar-refractivity contribution in [1.82, 2.24) is 15.3 Å². The number of carbonyl (C=O) groups is 3. The Hall–Kier alpha value is -4.14. The smallest absolute Gasteiger partial charge is 0.407 e. The average molecular weight is 450 g/mol. The Kier molecular flexibility index (Phi) is 8.18. The van der Waals surface area contributed by atoms with Crippen LogP contribution in [0.4, 0.5) is 4.79 Å². The number of nitrogens with zero attached hydrogens (tertiary/aromatic N) is 2. The largest absolute Gasteiger partial charge is 0.465 e. The lowest BCUT2D eigenvalue weighted by Gasteiger charge is -2.07. The maximum Gasteiger partial charge on any atom is 0.407 e. The van der Waals surface area contributed by atoms with Crippen molar-refractivity contribution in [3.63, 3.8) is 0 Å². The molecule has 9 heteroatoms. The molecule has 0 spiro atoms. The van der Waals surface area contributed by atoms with Gasteiger partial charge in [0.25, 0.3) is 5.91 Å². The normalized spacial score (nSPS) is 10.8. The maximum atomic E-state index is 12.0. The Morgan fingerprint density at radius 2 is 1.76 bits per heavy atom. The number of carbonyl (C=O) groups excluding carboxylic acids is 3. The SMILES string of the molecule is CCOC(=O)Cn1c(C)c(/C=N\NC(=O)CNC(=O)OCc2ccccc2)c2ccccc21. The van der Waals surface area contributed by atoms with Gasteiger partial charge in [-0.2, -0.15) is 5.10 Å². The number of alkyl carbamates (subject to hydrolysis) is 1. The second kappa shape index (κ2) is 11.5. The van der Waals surface area contributed by atoms with E-state index in [0.29, 0.717) is 6.61 Å². The Morgan fingerprint density at radius 3 is 2.52 bits per heavy atom. The summed E-state index contributed by atoms with van der Waals surface area (Å²) in [7, 11) is 0. The Bertz CT molecular complexity index is 1150. The molecule has 0 saturated carbocycles. The summed E-state index contributed by atoms with van der Waals surface area (Å²) in [6, 6.07) is 16.8. The van der Waals surface area contributed by atoms with Crippen LogP contribution in [0.5, 0.6) is 0 Å². The van der Waals surface area contributed by atoms with Crippen molar-refractivity contribution in [1.29, 1.82) is 0 Å². The van der Waals surface area contributed by atoms with Crippen molar-refractivity contribution in [2.24, 2.45) is 5.10 Å². The van der Waals surface area contributed by atoms with E-state index < -0.39 is 12.0 Å². The molecule has 0 saturated heterocycles. The summed E-state index contributed by atoms with van der Waals surface area (Å²) in [5.41, 5.74) is 5.67. The van der Waals surface area contributed by atoms with E-state index in [-0.39, 0.29) is 25.7 Å². The van der Waals surface area contributed by atoms with Gasteiger partial charge in [-0.05, 0) is 25.5 Å². The first-order valence-electron chi connectivity index (χ1n) is 10.5. The number of esters is 1. The number of benzene rings is 2. The van der Waals surface area contributed by atoms with Crippen molar-refractivity contribution in [2.45, 2.75) is 27.0 Å². The van der Waals surface area contributed by atoms with Gasteiger partial charge in [-0.1, -0.05) is 48.5 Å². The number of rotatable bonds is 9. The van der Waals surface area contributed by atoms with Crippen LogP contribution < -0.4 is 10.7 Å². The average Bonchev–Trinajstić information content (AvgIpc) is 3.08. The molecule has 0 aliphatic heterocycles. The standard InChI is InChI=1S/C24H26N4O5/c1-3-32-23(30)15-28-17(2)20(19-11-7-8-12-21(19)28)13-26-27-22(29)14-25-24(31)33-16-18-9-5-4-6-10-18/h4-13H,3,14-16H2,1-2H3,(H,25,31)(H,27,29)/b26-13-. The van der Waals surface area contributed by atoms with E-state index in [9.17, 15) is 14.4 Å². The maximum absolute atomic E-state index is 12.0. The van der Waals surface area contributed by atoms with Crippen LogP contribution in [0.15, 0.2) is 59.7 Å². The van der Waals surface area contributed by atoms with E-state index in [1.165, 1.54) is 6.21 Å². The molecule has 0 unspecified atom stereocenters. The molecule has 2 N–H and O–H groups in total. The molecule has 0 aliphatic rings. The van der Waals surface area contributed by atoms with E-state index >= 15 is 0 Å². The summed E-state index contributed by atoms with van der Waals surface area (Å²) in [4.78, 5) is 35.8. The molecule has 2 amide bonds. The fraction of sp³-hybridized carbons (Fsp3) is 0.250. The van der Waals surface area contributed by atoms with Crippen molar-refractivity contribution in [3.05, 3.63) is 71.4 Å². The number of hydrogen-bond acceptors (Lipinski definition) is 6. The van der Waals surface area contributed by atoms with Gasteiger partial charge in [0, 0.05) is 22.2 Å². The van der Waals surface area contributed by atoms with Crippen LogP contribution in [0.1, 0.15) is 23.7 Å². The molecule has 0 bridgehead atoms. The monoisotopic (exact) mass is 450 g/mol. The fourth-order valence-corrected chi connectivity index (χ4v) is 3.30. The molecular weight excluding hydrogens is 424 g/mol. The molecule has 0 radical (unpaired) electrons. The second-order valence-corrected chi connectivity index (χ2v) is 7.12. The highest BCUT2D eigenvalue weighted by atomic mass is 16.5. The number of ether oxygens (including phenoxy) is 2. The highest BCUT2D eigenvalue weighted by Gasteiger charge is 2.15. The summed E-state index contributed by atoms with van der Waals surface area (Å²) in [5.74, 6) is -0.834. The molecule has 3 rings (SSSR count). The van der Waals surface area contributed by atoms with Crippen LogP contribution in [0.25, 0.3) is 10.9 Å². The van der Waals surface area contributed by atoms with Gasteiger partial charge in [0.15, 0.2) is 0 Å². The van der Waals surface area contributed by atoms with Crippen molar-refractivity contribution < 1.29 is 23.9 Å². The molecule has 0 aliphatic carbocycles. The van der Waals surface area contributed by atoms with Gasteiger partial charge >= 0.3 is 12.1 Å². The quantitative estimate of drug-likeness (QED) is 0.296. The predicted molar refractivity (Wildman–Crippen MR) is 124 cm³/mol. The van der Waals surface area contributed by atoms with Crippen LogP contribution in [0.2, 0.25) is 0 Å². The van der Waals surface area contributed by atoms with Crippen LogP contribution in [-0.2, 0) is 32.2 Å². The van der Waals surface area contributed by atoms with Crippen molar-refractivity contribution in [3.8, 4) is 0 Å². The van der Waals surface area contributed by atoms with Gasteiger partial charge in [0.1, 0.15) is 19.7 Å². The molecule has 3 aromatic rings. The number of hydrogen-bond donors (Lipinski definition) is 2. The number of aromatic nitrogens is 1. The van der Waals surface area contributed by atoms with Crippen LogP contribution in [-0.4, -0.2) is 41.9 Å². The minimum absolute atomic E-state index is 0.0788. The van der Waals surface area contributed by atoms with Crippen molar-refractivity contribution >= 4 is 35.1 Å². The van der Waals surface area contributed by atoms with Gasteiger partial charge in [-0.25, -0.2) is 10.2 Å². The Labute approximate surface area is 191 Å². The highest BCUT2D eigenvalue weighted by Crippen LogP contribution is 2.24. The lowest BCUT2D eigenvalue weighted by molar-refractivity contribution is -0.143. The van der Waals surface area contributed by atoms with Crippen LogP contribution in [0, 0.1) is 6.92 Å². The Balaban J connectivity index is 1.56.